The number of furan rings is 1. The molecule has 0 aliphatic heterocycles. The molecule has 1 heterocycles. The van der Waals surface area contributed by atoms with Crippen LogP contribution < -0.4 is 0 Å². The van der Waals surface area contributed by atoms with E-state index >= 15 is 0 Å². The molecule has 0 N–H and O–H groups in total. The number of hydrogen-bond acceptors (Lipinski definition) is 3. The number of esters is 1. The zero-order chi connectivity index (χ0) is 16.4. The maximum absolute atomic E-state index is 11.6. The number of carbonyl (C=O) groups excluding carboxylic acids is 1. The lowest BCUT2D eigenvalue weighted by molar-refractivity contribution is -0.134. The fourth-order valence-electron chi connectivity index (χ4n) is 2.65. The smallest absolute Gasteiger partial charge is 0.330 e. The number of methoxy groups -OCH3 is 1. The maximum Gasteiger partial charge on any atom is 0.330 e. The van der Waals surface area contributed by atoms with Crippen molar-refractivity contribution in [3.05, 3.63) is 65.7 Å². The molecule has 0 radical (unpaired) electrons. The Morgan fingerprint density at radius 1 is 1.09 bits per heavy atom. The number of hydrogen-bond donors (Lipinski definition) is 0. The van der Waals surface area contributed by atoms with E-state index < -0.39 is 0 Å². The van der Waals surface area contributed by atoms with Crippen molar-refractivity contribution in [2.75, 3.05) is 7.11 Å². The van der Waals surface area contributed by atoms with Gasteiger partial charge in [0.05, 0.1) is 7.11 Å². The van der Waals surface area contributed by atoms with Crippen molar-refractivity contribution in [1.82, 2.24) is 0 Å². The molecule has 3 aromatic rings. The highest BCUT2D eigenvalue weighted by molar-refractivity contribution is 6.02. The number of ether oxygens (including phenoxy) is 1. The Hall–Kier alpha value is -2.81. The van der Waals surface area contributed by atoms with Gasteiger partial charge < -0.3 is 9.15 Å². The highest BCUT2D eigenvalue weighted by atomic mass is 16.5. The molecule has 0 bridgehead atoms. The topological polar surface area (TPSA) is 39.4 Å². The fourth-order valence-corrected chi connectivity index (χ4v) is 2.65. The molecule has 0 fully saturated rings. The number of carbonyl (C=O) groups is 1. The summed E-state index contributed by atoms with van der Waals surface area (Å²) < 4.78 is 10.8. The van der Waals surface area contributed by atoms with E-state index in [0.717, 1.165) is 33.4 Å². The van der Waals surface area contributed by atoms with Crippen LogP contribution in [0.25, 0.3) is 27.9 Å². The third-order valence-electron chi connectivity index (χ3n) is 3.84. The third-order valence-corrected chi connectivity index (χ3v) is 3.84. The molecule has 0 spiro atoms. The summed E-state index contributed by atoms with van der Waals surface area (Å²) in [6, 6.07) is 16.0. The van der Waals surface area contributed by atoms with E-state index in [4.69, 9.17) is 9.15 Å². The highest BCUT2D eigenvalue weighted by Crippen LogP contribution is 2.37. The quantitative estimate of drug-likeness (QED) is 0.506. The number of aryl methyl sites for hydroxylation is 1. The van der Waals surface area contributed by atoms with Crippen LogP contribution in [-0.4, -0.2) is 13.1 Å². The van der Waals surface area contributed by atoms with Crippen molar-refractivity contribution < 1.29 is 13.9 Å². The average Bonchev–Trinajstić information content (AvgIpc) is 2.94. The molecular formula is C20H18O3. The van der Waals surface area contributed by atoms with Gasteiger partial charge in [0.25, 0.3) is 0 Å². The van der Waals surface area contributed by atoms with Crippen LogP contribution in [0.15, 0.2) is 59.0 Å². The summed E-state index contributed by atoms with van der Waals surface area (Å²) in [5.41, 5.74) is 4.72. The number of benzene rings is 2. The number of para-hydroxylation sites is 1. The van der Waals surface area contributed by atoms with Crippen LogP contribution in [0.3, 0.4) is 0 Å². The van der Waals surface area contributed by atoms with Crippen LogP contribution in [0.5, 0.6) is 0 Å². The van der Waals surface area contributed by atoms with Crippen LogP contribution in [0.4, 0.5) is 0 Å². The minimum absolute atomic E-state index is 0.373. The second-order valence-electron chi connectivity index (χ2n) is 5.52. The molecule has 1 aromatic heterocycles. The largest absolute Gasteiger partial charge is 0.466 e. The Labute approximate surface area is 135 Å². The molecule has 0 aliphatic carbocycles. The van der Waals surface area contributed by atoms with Gasteiger partial charge in [0, 0.05) is 22.6 Å². The lowest BCUT2D eigenvalue weighted by atomic mass is 9.99. The normalized spacial score (nSPS) is 11.7. The van der Waals surface area contributed by atoms with Gasteiger partial charge in [0.1, 0.15) is 11.3 Å². The van der Waals surface area contributed by atoms with E-state index in [0.29, 0.717) is 0 Å². The van der Waals surface area contributed by atoms with Crippen LogP contribution in [0.1, 0.15) is 18.1 Å². The molecule has 2 aromatic carbocycles. The molecule has 0 atom stereocenters. The van der Waals surface area contributed by atoms with E-state index in [1.165, 1.54) is 18.7 Å². The Morgan fingerprint density at radius 2 is 1.78 bits per heavy atom. The zero-order valence-corrected chi connectivity index (χ0v) is 13.4. The summed E-state index contributed by atoms with van der Waals surface area (Å²) in [7, 11) is 1.38. The molecule has 0 unspecified atom stereocenters. The van der Waals surface area contributed by atoms with Gasteiger partial charge in [0.15, 0.2) is 0 Å². The molecule has 0 saturated carbocycles. The first kappa shape index (κ1) is 15.1. The number of allylic oxidation sites excluding steroid dienone is 1. The highest BCUT2D eigenvalue weighted by Gasteiger charge is 2.17. The SMILES string of the molecule is COC(=O)/C=C(\C)c1c(-c2ccc(C)cc2)oc2ccccc12. The van der Waals surface area contributed by atoms with E-state index in [1.54, 1.807) is 0 Å². The summed E-state index contributed by atoms with van der Waals surface area (Å²) in [5.74, 6) is 0.395. The van der Waals surface area contributed by atoms with Gasteiger partial charge in [0.2, 0.25) is 0 Å². The number of rotatable bonds is 3. The van der Waals surface area contributed by atoms with Crippen LogP contribution in [0.2, 0.25) is 0 Å². The predicted molar refractivity (Wildman–Crippen MR) is 92.1 cm³/mol. The molecule has 0 aliphatic rings. The van der Waals surface area contributed by atoms with Crippen molar-refractivity contribution in [3.63, 3.8) is 0 Å². The van der Waals surface area contributed by atoms with Crippen molar-refractivity contribution >= 4 is 22.5 Å². The molecule has 3 rings (SSSR count). The van der Waals surface area contributed by atoms with Gasteiger partial charge in [-0.3, -0.25) is 0 Å². The van der Waals surface area contributed by atoms with Crippen molar-refractivity contribution in [3.8, 4) is 11.3 Å². The molecular weight excluding hydrogens is 288 g/mol. The molecule has 23 heavy (non-hydrogen) atoms. The van der Waals surface area contributed by atoms with Gasteiger partial charge in [-0.05, 0) is 25.5 Å². The minimum atomic E-state index is -0.373. The summed E-state index contributed by atoms with van der Waals surface area (Å²) in [6.07, 6.45) is 1.50. The summed E-state index contributed by atoms with van der Waals surface area (Å²) in [5, 5.41) is 0.987. The Kier molecular flexibility index (Phi) is 4.02. The van der Waals surface area contributed by atoms with Gasteiger partial charge in [-0.1, -0.05) is 48.0 Å². The Morgan fingerprint density at radius 3 is 2.48 bits per heavy atom. The number of fused-ring (bicyclic) bond motifs is 1. The standard InChI is InChI=1S/C20H18O3/c1-13-8-10-15(11-9-13)20-19(14(2)12-18(21)22-3)16-6-4-5-7-17(16)23-20/h4-12H,1-3H3/b14-12+. The minimum Gasteiger partial charge on any atom is -0.466 e. The second kappa shape index (κ2) is 6.13. The molecule has 3 heteroatoms. The fraction of sp³-hybridized carbons (Fsp3) is 0.150. The first-order valence-electron chi connectivity index (χ1n) is 7.45. The lowest BCUT2D eigenvalue weighted by Gasteiger charge is -2.04. The molecule has 3 nitrogen and oxygen atoms in total. The molecule has 116 valence electrons. The van der Waals surface area contributed by atoms with Crippen LogP contribution >= 0.6 is 0 Å². The first-order chi connectivity index (χ1) is 11.1. The molecule has 0 saturated heterocycles. The third kappa shape index (κ3) is 2.90. The summed E-state index contributed by atoms with van der Waals surface area (Å²) >= 11 is 0. The predicted octanol–water partition coefficient (Wildman–Crippen LogP) is 4.98. The average molecular weight is 306 g/mol. The van der Waals surface area contributed by atoms with E-state index in [-0.39, 0.29) is 5.97 Å². The van der Waals surface area contributed by atoms with Crippen molar-refractivity contribution in [2.45, 2.75) is 13.8 Å². The Balaban J connectivity index is 2.25. The zero-order valence-electron chi connectivity index (χ0n) is 13.4. The van der Waals surface area contributed by atoms with Gasteiger partial charge in [-0.2, -0.15) is 0 Å². The van der Waals surface area contributed by atoms with Crippen LogP contribution in [-0.2, 0) is 9.53 Å². The van der Waals surface area contributed by atoms with Gasteiger partial charge >= 0.3 is 5.97 Å². The van der Waals surface area contributed by atoms with Crippen LogP contribution in [0, 0.1) is 6.92 Å². The second-order valence-corrected chi connectivity index (χ2v) is 5.52. The first-order valence-corrected chi connectivity index (χ1v) is 7.45. The monoisotopic (exact) mass is 306 g/mol. The van der Waals surface area contributed by atoms with Crippen molar-refractivity contribution in [2.24, 2.45) is 0 Å². The van der Waals surface area contributed by atoms with Gasteiger partial charge in [-0.25, -0.2) is 4.79 Å². The van der Waals surface area contributed by atoms with E-state index in [1.807, 2.05) is 62.4 Å². The lowest BCUT2D eigenvalue weighted by Crippen LogP contribution is -1.96. The van der Waals surface area contributed by atoms with E-state index in [9.17, 15) is 4.79 Å². The summed E-state index contributed by atoms with van der Waals surface area (Å²) in [4.78, 5) is 11.6. The maximum atomic E-state index is 11.6. The Bertz CT molecular complexity index is 883. The van der Waals surface area contributed by atoms with E-state index in [2.05, 4.69) is 0 Å². The van der Waals surface area contributed by atoms with Gasteiger partial charge in [-0.15, -0.1) is 0 Å². The van der Waals surface area contributed by atoms with Crippen molar-refractivity contribution in [1.29, 1.82) is 0 Å². The summed E-state index contributed by atoms with van der Waals surface area (Å²) in [6.45, 7) is 3.94. The molecule has 0 amide bonds.